The average molecular weight is 275 g/mol. The van der Waals surface area contributed by atoms with Crippen molar-refractivity contribution < 1.29 is 22.6 Å². The highest BCUT2D eigenvalue weighted by molar-refractivity contribution is 7.84. The molecule has 17 heavy (non-hydrogen) atoms. The number of nitrogens with two attached hydrogens (primary N) is 1. The van der Waals surface area contributed by atoms with Crippen LogP contribution in [0.5, 0.6) is 0 Å². The van der Waals surface area contributed by atoms with Crippen LogP contribution in [0.25, 0.3) is 0 Å². The molecule has 0 bridgehead atoms. The molecular formula is C8H16F3N3O2S. The average Bonchev–Trinajstić information content (AvgIpc) is 2.14. The smallest absolute Gasteiger partial charge is 0.400 e. The molecule has 0 radical (unpaired) electrons. The van der Waals surface area contributed by atoms with Crippen LogP contribution in [-0.2, 0) is 10.8 Å². The standard InChI is InChI=1S/C8H16F3N3O2S/c1-5(4-17(2)16)13-3-6(7(12)14-15)8(9,10)11/h5-6,13,15H,3-4H2,1-2H3,(H2,12,14). The highest BCUT2D eigenvalue weighted by Gasteiger charge is 2.42. The summed E-state index contributed by atoms with van der Waals surface area (Å²) in [7, 11) is -1.10. The van der Waals surface area contributed by atoms with E-state index in [4.69, 9.17) is 10.9 Å². The van der Waals surface area contributed by atoms with Gasteiger partial charge in [-0.05, 0) is 6.92 Å². The third kappa shape index (κ3) is 6.47. The zero-order chi connectivity index (χ0) is 13.6. The first-order chi connectivity index (χ1) is 7.68. The van der Waals surface area contributed by atoms with Crippen LogP contribution in [0.15, 0.2) is 5.16 Å². The first kappa shape index (κ1) is 16.2. The van der Waals surface area contributed by atoms with Crippen LogP contribution in [0.4, 0.5) is 13.2 Å². The fraction of sp³-hybridized carbons (Fsp3) is 0.875. The molecule has 0 saturated heterocycles. The largest absolute Gasteiger partial charge is 0.409 e. The molecule has 0 rings (SSSR count). The van der Waals surface area contributed by atoms with Gasteiger partial charge in [-0.1, -0.05) is 5.16 Å². The minimum atomic E-state index is -4.59. The Bertz CT molecular complexity index is 296. The highest BCUT2D eigenvalue weighted by Crippen LogP contribution is 2.25. The molecule has 0 aromatic carbocycles. The summed E-state index contributed by atoms with van der Waals surface area (Å²) in [5, 5.41) is 13.2. The van der Waals surface area contributed by atoms with E-state index >= 15 is 0 Å². The summed E-state index contributed by atoms with van der Waals surface area (Å²) >= 11 is 0. The van der Waals surface area contributed by atoms with Crippen molar-refractivity contribution in [1.29, 1.82) is 0 Å². The van der Waals surface area contributed by atoms with Crippen LogP contribution in [0, 0.1) is 5.92 Å². The molecule has 0 aliphatic heterocycles. The van der Waals surface area contributed by atoms with E-state index in [1.807, 2.05) is 0 Å². The predicted octanol–water partition coefficient (Wildman–Crippen LogP) is 0.268. The molecule has 5 nitrogen and oxygen atoms in total. The van der Waals surface area contributed by atoms with E-state index in [1.165, 1.54) is 6.26 Å². The van der Waals surface area contributed by atoms with Crippen LogP contribution >= 0.6 is 0 Å². The van der Waals surface area contributed by atoms with Gasteiger partial charge in [-0.3, -0.25) is 4.21 Å². The number of alkyl halides is 3. The van der Waals surface area contributed by atoms with Gasteiger partial charge >= 0.3 is 6.18 Å². The van der Waals surface area contributed by atoms with Crippen LogP contribution < -0.4 is 11.1 Å². The van der Waals surface area contributed by atoms with Crippen molar-refractivity contribution in [1.82, 2.24) is 5.32 Å². The van der Waals surface area contributed by atoms with Crippen molar-refractivity contribution in [2.75, 3.05) is 18.6 Å². The second kappa shape index (κ2) is 6.80. The molecule has 0 saturated carbocycles. The molecule has 102 valence electrons. The van der Waals surface area contributed by atoms with Crippen LogP contribution in [0.2, 0.25) is 0 Å². The SMILES string of the molecule is CC(CS(C)=O)NCC(C(N)=NO)C(F)(F)F. The zero-order valence-electron chi connectivity index (χ0n) is 9.49. The van der Waals surface area contributed by atoms with Crippen molar-refractivity contribution in [2.45, 2.75) is 19.1 Å². The van der Waals surface area contributed by atoms with Gasteiger partial charge < -0.3 is 16.3 Å². The lowest BCUT2D eigenvalue weighted by Crippen LogP contribution is -2.45. The molecule has 3 unspecified atom stereocenters. The number of nitrogens with one attached hydrogen (secondary N) is 1. The van der Waals surface area contributed by atoms with Gasteiger partial charge in [0.05, 0.1) is 0 Å². The van der Waals surface area contributed by atoms with Gasteiger partial charge in [0.25, 0.3) is 0 Å². The molecule has 0 aromatic heterocycles. The van der Waals surface area contributed by atoms with Crippen LogP contribution in [0.1, 0.15) is 6.92 Å². The van der Waals surface area contributed by atoms with Gasteiger partial charge in [-0.25, -0.2) is 0 Å². The molecule has 0 amide bonds. The lowest BCUT2D eigenvalue weighted by Gasteiger charge is -2.21. The number of halogens is 3. The molecule has 3 atom stereocenters. The highest BCUT2D eigenvalue weighted by atomic mass is 32.2. The normalized spacial score (nSPS) is 18.8. The summed E-state index contributed by atoms with van der Waals surface area (Å²) in [6, 6.07) is -0.350. The minimum Gasteiger partial charge on any atom is -0.409 e. The predicted molar refractivity (Wildman–Crippen MR) is 59.4 cm³/mol. The Morgan fingerprint density at radius 1 is 1.59 bits per heavy atom. The molecule has 0 heterocycles. The van der Waals surface area contributed by atoms with Gasteiger partial charge in [0.2, 0.25) is 0 Å². The minimum absolute atomic E-state index is 0.237. The van der Waals surface area contributed by atoms with E-state index in [1.54, 1.807) is 6.92 Å². The Labute approximate surface area is 99.7 Å². The lowest BCUT2D eigenvalue weighted by atomic mass is 10.1. The summed E-state index contributed by atoms with van der Waals surface area (Å²) in [6.45, 7) is 1.10. The van der Waals surface area contributed by atoms with Crippen LogP contribution in [0.3, 0.4) is 0 Å². The number of hydrogen-bond acceptors (Lipinski definition) is 4. The Hall–Kier alpha value is -0.830. The van der Waals surface area contributed by atoms with Crippen molar-refractivity contribution in [3.8, 4) is 0 Å². The van der Waals surface area contributed by atoms with E-state index < -0.39 is 35.3 Å². The molecule has 0 aromatic rings. The summed E-state index contributed by atoms with van der Waals surface area (Å²) in [5.41, 5.74) is 4.97. The molecule has 0 aliphatic rings. The van der Waals surface area contributed by atoms with E-state index in [0.717, 1.165) is 0 Å². The fourth-order valence-electron chi connectivity index (χ4n) is 1.19. The maximum atomic E-state index is 12.5. The molecule has 4 N–H and O–H groups in total. The Balaban J connectivity index is 4.43. The Morgan fingerprint density at radius 2 is 2.12 bits per heavy atom. The maximum Gasteiger partial charge on any atom is 0.400 e. The van der Waals surface area contributed by atoms with Gasteiger partial charge in [0.15, 0.2) is 5.84 Å². The van der Waals surface area contributed by atoms with Gasteiger partial charge in [0, 0.05) is 35.4 Å². The second-order valence-electron chi connectivity index (χ2n) is 3.67. The van der Waals surface area contributed by atoms with Crippen molar-refractivity contribution in [3.63, 3.8) is 0 Å². The molecular weight excluding hydrogens is 259 g/mol. The third-order valence-electron chi connectivity index (χ3n) is 2.02. The fourth-order valence-corrected chi connectivity index (χ4v) is 2.01. The summed E-state index contributed by atoms with van der Waals surface area (Å²) in [6.07, 6.45) is -3.13. The molecule has 9 heteroatoms. The summed E-state index contributed by atoms with van der Waals surface area (Å²) in [4.78, 5) is 0. The monoisotopic (exact) mass is 275 g/mol. The quantitative estimate of drug-likeness (QED) is 0.281. The molecule has 0 fully saturated rings. The Kier molecular flexibility index (Phi) is 6.46. The van der Waals surface area contributed by atoms with Gasteiger partial charge in [0.1, 0.15) is 5.92 Å². The van der Waals surface area contributed by atoms with Gasteiger partial charge in [-0.2, -0.15) is 13.2 Å². The zero-order valence-corrected chi connectivity index (χ0v) is 10.3. The van der Waals surface area contributed by atoms with Crippen molar-refractivity contribution >= 4 is 16.6 Å². The van der Waals surface area contributed by atoms with E-state index in [9.17, 15) is 17.4 Å². The van der Waals surface area contributed by atoms with Crippen molar-refractivity contribution in [3.05, 3.63) is 0 Å². The van der Waals surface area contributed by atoms with E-state index in [0.29, 0.717) is 0 Å². The molecule has 0 spiro atoms. The van der Waals surface area contributed by atoms with Gasteiger partial charge in [-0.15, -0.1) is 0 Å². The van der Waals surface area contributed by atoms with Crippen molar-refractivity contribution in [2.24, 2.45) is 16.8 Å². The second-order valence-corrected chi connectivity index (χ2v) is 5.15. The number of hydrogen-bond donors (Lipinski definition) is 3. The molecule has 0 aliphatic carbocycles. The third-order valence-corrected chi connectivity index (χ3v) is 2.99. The first-order valence-corrected chi connectivity index (χ1v) is 6.48. The number of rotatable bonds is 6. The number of oxime groups is 1. The number of nitrogens with zero attached hydrogens (tertiary/aromatic N) is 1. The maximum absolute atomic E-state index is 12.5. The van der Waals surface area contributed by atoms with E-state index in [-0.39, 0.29) is 11.8 Å². The first-order valence-electron chi connectivity index (χ1n) is 4.76. The summed E-state index contributed by atoms with van der Waals surface area (Å²) < 4.78 is 48.3. The topological polar surface area (TPSA) is 87.7 Å². The van der Waals surface area contributed by atoms with Crippen LogP contribution in [-0.4, -0.2) is 46.0 Å². The number of amidine groups is 1. The van der Waals surface area contributed by atoms with E-state index in [2.05, 4.69) is 10.5 Å². The Morgan fingerprint density at radius 3 is 2.47 bits per heavy atom. The lowest BCUT2D eigenvalue weighted by molar-refractivity contribution is -0.155. The summed E-state index contributed by atoms with van der Waals surface area (Å²) in [5.74, 6) is -2.71.